The summed E-state index contributed by atoms with van der Waals surface area (Å²) in [5, 5.41) is 5.27. The number of hydrogen-bond acceptors (Lipinski definition) is 3. The van der Waals surface area contributed by atoms with E-state index in [2.05, 4.69) is 32.8 Å². The Bertz CT molecular complexity index is 1620. The highest BCUT2D eigenvalue weighted by Crippen LogP contribution is 2.43. The van der Waals surface area contributed by atoms with Gasteiger partial charge in [-0.2, -0.15) is 0 Å². The van der Waals surface area contributed by atoms with Gasteiger partial charge in [0.05, 0.1) is 22.4 Å². The predicted molar refractivity (Wildman–Crippen MR) is 161 cm³/mol. The van der Waals surface area contributed by atoms with Crippen molar-refractivity contribution in [2.75, 3.05) is 4.90 Å². The van der Waals surface area contributed by atoms with E-state index >= 15 is 0 Å². The highest BCUT2D eigenvalue weighted by Gasteiger charge is 2.42. The van der Waals surface area contributed by atoms with Gasteiger partial charge in [0.2, 0.25) is 0 Å². The average molecular weight is 572 g/mol. The van der Waals surface area contributed by atoms with Gasteiger partial charge >= 0.3 is 0 Å². The predicted octanol–water partition coefficient (Wildman–Crippen LogP) is 8.46. The molecule has 0 bridgehead atoms. The Labute approximate surface area is 242 Å². The van der Waals surface area contributed by atoms with Crippen LogP contribution in [0.2, 0.25) is 10.0 Å². The third-order valence-corrected chi connectivity index (χ3v) is 7.57. The molecule has 194 valence electrons. The number of aromatic nitrogens is 2. The Kier molecular flexibility index (Phi) is 7.00. The van der Waals surface area contributed by atoms with Crippen LogP contribution in [-0.4, -0.2) is 14.7 Å². The summed E-state index contributed by atoms with van der Waals surface area (Å²) in [5.41, 5.74) is 4.84. The first-order valence-corrected chi connectivity index (χ1v) is 13.6. The lowest BCUT2D eigenvalue weighted by Gasteiger charge is -2.29. The Balaban J connectivity index is 1.40. The van der Waals surface area contributed by atoms with Gasteiger partial charge in [-0.05, 0) is 98.0 Å². The molecule has 2 atom stereocenters. The van der Waals surface area contributed by atoms with Gasteiger partial charge in [-0.1, -0.05) is 47.0 Å². The Morgan fingerprint density at radius 2 is 1.62 bits per heavy atom. The third-order valence-electron chi connectivity index (χ3n) is 6.72. The summed E-state index contributed by atoms with van der Waals surface area (Å²) in [6.45, 7) is 2.05. The SMILES string of the molecule is Cc1ccc(Oc2ccc(N3C(=S)N[C@@H](c4ccccn4)[C@@H]3c3cccn3-c3ccc(Cl)cc3Cl)cc2)cc1. The summed E-state index contributed by atoms with van der Waals surface area (Å²) in [6.07, 6.45) is 3.80. The van der Waals surface area contributed by atoms with Gasteiger partial charge in [-0.3, -0.25) is 4.98 Å². The van der Waals surface area contributed by atoms with Gasteiger partial charge in [0.15, 0.2) is 5.11 Å². The number of benzene rings is 3. The monoisotopic (exact) mass is 570 g/mol. The molecule has 5 nitrogen and oxygen atoms in total. The number of aryl methyl sites for hydroxylation is 1. The molecule has 1 fully saturated rings. The van der Waals surface area contributed by atoms with Crippen LogP contribution >= 0.6 is 35.4 Å². The van der Waals surface area contributed by atoms with E-state index in [0.29, 0.717) is 15.2 Å². The number of ether oxygens (including phenoxy) is 1. The summed E-state index contributed by atoms with van der Waals surface area (Å²) in [6, 6.07) is 31.1. The molecule has 0 spiro atoms. The van der Waals surface area contributed by atoms with E-state index < -0.39 is 0 Å². The van der Waals surface area contributed by atoms with Crippen molar-refractivity contribution < 1.29 is 4.74 Å². The summed E-state index contributed by atoms with van der Waals surface area (Å²) < 4.78 is 8.14. The molecule has 39 heavy (non-hydrogen) atoms. The van der Waals surface area contributed by atoms with Crippen LogP contribution < -0.4 is 15.0 Å². The van der Waals surface area contributed by atoms with E-state index in [-0.39, 0.29) is 12.1 Å². The number of pyridine rings is 1. The van der Waals surface area contributed by atoms with Crippen molar-refractivity contribution >= 4 is 46.2 Å². The van der Waals surface area contributed by atoms with Crippen molar-refractivity contribution in [2.45, 2.75) is 19.0 Å². The maximum Gasteiger partial charge on any atom is 0.174 e. The van der Waals surface area contributed by atoms with Crippen LogP contribution in [0.25, 0.3) is 5.69 Å². The van der Waals surface area contributed by atoms with Crippen molar-refractivity contribution in [3.63, 3.8) is 0 Å². The van der Waals surface area contributed by atoms with E-state index in [1.54, 1.807) is 12.3 Å². The third kappa shape index (κ3) is 5.11. The first-order chi connectivity index (χ1) is 19.0. The normalized spacial score (nSPS) is 16.8. The largest absolute Gasteiger partial charge is 0.457 e. The lowest BCUT2D eigenvalue weighted by Crippen LogP contribution is -2.30. The number of anilines is 1. The Morgan fingerprint density at radius 3 is 2.31 bits per heavy atom. The van der Waals surface area contributed by atoms with Crippen LogP contribution in [0.1, 0.15) is 29.0 Å². The molecule has 3 heterocycles. The molecule has 1 saturated heterocycles. The van der Waals surface area contributed by atoms with Gasteiger partial charge < -0.3 is 19.5 Å². The summed E-state index contributed by atoms with van der Waals surface area (Å²) in [4.78, 5) is 6.79. The second-order valence-corrected chi connectivity index (χ2v) is 10.5. The minimum atomic E-state index is -0.210. The first kappa shape index (κ1) is 25.4. The van der Waals surface area contributed by atoms with Crippen molar-refractivity contribution in [2.24, 2.45) is 0 Å². The molecule has 2 aromatic heterocycles. The zero-order valence-corrected chi connectivity index (χ0v) is 23.3. The molecule has 0 unspecified atom stereocenters. The number of halogens is 2. The van der Waals surface area contributed by atoms with Crippen LogP contribution in [0.4, 0.5) is 5.69 Å². The second kappa shape index (κ2) is 10.7. The maximum atomic E-state index is 6.64. The standard InChI is InChI=1S/C31H24Cl2N4OS/c1-20-7-12-23(13-8-20)38-24-14-10-22(11-15-24)37-30(29(35-31(37)39)26-5-2-3-17-34-26)28-6-4-18-36(28)27-16-9-21(32)19-25(27)33/h2-19,29-30H,1H3,(H,35,39)/t29-,30-/m0/s1. The van der Waals surface area contributed by atoms with Gasteiger partial charge in [-0.25, -0.2) is 0 Å². The van der Waals surface area contributed by atoms with Crippen LogP contribution in [-0.2, 0) is 0 Å². The van der Waals surface area contributed by atoms with Gasteiger partial charge in [0.1, 0.15) is 17.5 Å². The van der Waals surface area contributed by atoms with Crippen molar-refractivity contribution in [3.8, 4) is 17.2 Å². The van der Waals surface area contributed by atoms with Gasteiger partial charge in [-0.15, -0.1) is 0 Å². The lowest BCUT2D eigenvalue weighted by molar-refractivity contribution is 0.482. The second-order valence-electron chi connectivity index (χ2n) is 9.30. The smallest absolute Gasteiger partial charge is 0.174 e. The quantitative estimate of drug-likeness (QED) is 0.207. The van der Waals surface area contributed by atoms with E-state index in [4.69, 9.17) is 40.2 Å². The fraction of sp³-hybridized carbons (Fsp3) is 0.0968. The van der Waals surface area contributed by atoms with Gasteiger partial charge in [0.25, 0.3) is 0 Å². The van der Waals surface area contributed by atoms with E-state index in [0.717, 1.165) is 34.3 Å². The topological polar surface area (TPSA) is 42.3 Å². The number of hydrogen-bond donors (Lipinski definition) is 1. The molecule has 0 amide bonds. The lowest BCUT2D eigenvalue weighted by atomic mass is 10.0. The van der Waals surface area contributed by atoms with Crippen LogP contribution in [0.5, 0.6) is 11.5 Å². The zero-order valence-electron chi connectivity index (χ0n) is 21.0. The number of nitrogens with zero attached hydrogens (tertiary/aromatic N) is 3. The molecule has 0 radical (unpaired) electrons. The molecular weight excluding hydrogens is 547 g/mol. The van der Waals surface area contributed by atoms with Crippen molar-refractivity contribution in [1.29, 1.82) is 0 Å². The first-order valence-electron chi connectivity index (χ1n) is 12.5. The highest BCUT2D eigenvalue weighted by molar-refractivity contribution is 7.80. The molecular formula is C31H24Cl2N4OS. The van der Waals surface area contributed by atoms with Crippen molar-refractivity contribution in [3.05, 3.63) is 136 Å². The Hall–Kier alpha value is -3.84. The highest BCUT2D eigenvalue weighted by atomic mass is 35.5. The number of nitrogens with one attached hydrogen (secondary N) is 1. The molecule has 1 aliphatic rings. The van der Waals surface area contributed by atoms with E-state index in [1.807, 2.05) is 91.1 Å². The average Bonchev–Trinajstić information content (AvgIpc) is 3.55. The van der Waals surface area contributed by atoms with Crippen LogP contribution in [0, 0.1) is 6.92 Å². The molecule has 3 aromatic carbocycles. The van der Waals surface area contributed by atoms with E-state index in [1.165, 1.54) is 5.56 Å². The summed E-state index contributed by atoms with van der Waals surface area (Å²) in [7, 11) is 0. The van der Waals surface area contributed by atoms with E-state index in [9.17, 15) is 0 Å². The molecule has 6 rings (SSSR count). The minimum absolute atomic E-state index is 0.193. The molecule has 5 aromatic rings. The van der Waals surface area contributed by atoms with Crippen LogP contribution in [0.3, 0.4) is 0 Å². The summed E-state index contributed by atoms with van der Waals surface area (Å²) >= 11 is 18.7. The fourth-order valence-electron chi connectivity index (χ4n) is 4.88. The maximum absolute atomic E-state index is 6.64. The zero-order chi connectivity index (χ0) is 26.9. The molecule has 0 aliphatic carbocycles. The van der Waals surface area contributed by atoms with Crippen LogP contribution in [0.15, 0.2) is 109 Å². The molecule has 8 heteroatoms. The minimum Gasteiger partial charge on any atom is -0.457 e. The molecule has 1 aliphatic heterocycles. The number of thiocarbonyl (C=S) groups is 1. The molecule has 0 saturated carbocycles. The van der Waals surface area contributed by atoms with Gasteiger partial charge in [0, 0.05) is 28.8 Å². The fourth-order valence-corrected chi connectivity index (χ4v) is 5.73. The number of rotatable bonds is 6. The Morgan fingerprint density at radius 1 is 0.872 bits per heavy atom. The molecule has 1 N–H and O–H groups in total. The summed E-state index contributed by atoms with van der Waals surface area (Å²) in [5.74, 6) is 1.53. The van der Waals surface area contributed by atoms with Crippen molar-refractivity contribution in [1.82, 2.24) is 14.9 Å².